The predicted octanol–water partition coefficient (Wildman–Crippen LogP) is 4.40. The van der Waals surface area contributed by atoms with Crippen LogP contribution in [0.5, 0.6) is 11.5 Å². The van der Waals surface area contributed by atoms with Crippen molar-refractivity contribution in [2.24, 2.45) is 0 Å². The summed E-state index contributed by atoms with van der Waals surface area (Å²) in [5.74, 6) is 1.23. The van der Waals surface area contributed by atoms with Crippen molar-refractivity contribution in [3.8, 4) is 11.5 Å². The van der Waals surface area contributed by atoms with Crippen molar-refractivity contribution in [1.82, 2.24) is 4.90 Å². The summed E-state index contributed by atoms with van der Waals surface area (Å²) in [6, 6.07) is 10.7. The Hall–Kier alpha value is -3.39. The fraction of sp³-hybridized carbons (Fsp3) is 0.400. The van der Waals surface area contributed by atoms with Crippen molar-refractivity contribution < 1.29 is 23.9 Å². The lowest BCUT2D eigenvalue weighted by Crippen LogP contribution is -2.43. The molecule has 2 aliphatic rings. The smallest absolute Gasteiger partial charge is 0.350 e. The van der Waals surface area contributed by atoms with Crippen LogP contribution in [-0.4, -0.2) is 49.6 Å². The molecule has 2 atom stereocenters. The van der Waals surface area contributed by atoms with Gasteiger partial charge in [0.15, 0.2) is 11.5 Å². The highest BCUT2D eigenvalue weighted by molar-refractivity contribution is 5.96. The Morgan fingerprint density at radius 1 is 1.18 bits per heavy atom. The number of nitrogens with zero attached hydrogens (tertiary/aromatic N) is 2. The highest BCUT2D eigenvalue weighted by Gasteiger charge is 2.49. The highest BCUT2D eigenvalue weighted by Crippen LogP contribution is 2.49. The Labute approximate surface area is 192 Å². The van der Waals surface area contributed by atoms with Gasteiger partial charge in [0.05, 0.1) is 19.1 Å². The third kappa shape index (κ3) is 3.95. The van der Waals surface area contributed by atoms with Crippen LogP contribution in [0.25, 0.3) is 0 Å². The summed E-state index contributed by atoms with van der Waals surface area (Å²) in [5.41, 5.74) is 1.29. The average molecular weight is 453 g/mol. The maximum Gasteiger partial charge on any atom is 0.350 e. The monoisotopic (exact) mass is 452 g/mol. The maximum atomic E-state index is 12.9. The van der Waals surface area contributed by atoms with Crippen LogP contribution >= 0.6 is 0 Å². The summed E-state index contributed by atoms with van der Waals surface area (Å²) >= 11 is 0. The molecule has 33 heavy (non-hydrogen) atoms. The van der Waals surface area contributed by atoms with Crippen LogP contribution in [0.3, 0.4) is 0 Å². The summed E-state index contributed by atoms with van der Waals surface area (Å²) in [5, 5.41) is 11.4. The number of ether oxygens (including phenoxy) is 3. The molecule has 1 aliphatic heterocycles. The van der Waals surface area contributed by atoms with E-state index >= 15 is 0 Å². The highest BCUT2D eigenvalue weighted by atomic mass is 16.6. The van der Waals surface area contributed by atoms with Crippen LogP contribution in [0.15, 0.2) is 48.2 Å². The first kappa shape index (κ1) is 22.8. The third-order valence-electron chi connectivity index (χ3n) is 7.00. The number of methoxy groups -OCH3 is 2. The molecule has 2 aromatic carbocycles. The van der Waals surface area contributed by atoms with Gasteiger partial charge in [0.1, 0.15) is 11.3 Å². The van der Waals surface area contributed by atoms with Gasteiger partial charge in [0.2, 0.25) is 0 Å². The molecule has 1 aliphatic carbocycles. The molecule has 0 amide bonds. The van der Waals surface area contributed by atoms with Crippen LogP contribution in [-0.2, 0) is 10.2 Å². The molecule has 2 unspecified atom stereocenters. The zero-order chi connectivity index (χ0) is 23.8. The van der Waals surface area contributed by atoms with Crippen LogP contribution in [0.1, 0.15) is 40.7 Å². The Morgan fingerprint density at radius 3 is 2.64 bits per heavy atom. The van der Waals surface area contributed by atoms with E-state index in [1.807, 2.05) is 18.2 Å². The van der Waals surface area contributed by atoms with Crippen molar-refractivity contribution in [3.05, 3.63) is 75.0 Å². The number of likely N-dealkylation sites (tertiary alicyclic amines) is 1. The van der Waals surface area contributed by atoms with E-state index < -0.39 is 10.9 Å². The summed E-state index contributed by atoms with van der Waals surface area (Å²) in [6.45, 7) is 2.59. The Morgan fingerprint density at radius 2 is 1.94 bits per heavy atom. The lowest BCUT2D eigenvalue weighted by atomic mass is 9.68. The number of fused-ring (bicyclic) bond motifs is 1. The number of carbonyl (C=O) groups is 1. The zero-order valence-electron chi connectivity index (χ0n) is 19.3. The number of rotatable bonds is 6. The molecule has 8 nitrogen and oxygen atoms in total. The summed E-state index contributed by atoms with van der Waals surface area (Å²) < 4.78 is 16.6. The Bertz CT molecular complexity index is 1130. The normalized spacial score (nSPS) is 22.3. The van der Waals surface area contributed by atoms with E-state index in [1.54, 1.807) is 33.3 Å². The molecule has 0 aromatic heterocycles. The van der Waals surface area contributed by atoms with Gasteiger partial charge in [0, 0.05) is 23.9 Å². The third-order valence-corrected chi connectivity index (χ3v) is 7.00. The van der Waals surface area contributed by atoms with Gasteiger partial charge in [-0.05, 0) is 62.7 Å². The van der Waals surface area contributed by atoms with E-state index in [4.69, 9.17) is 14.2 Å². The summed E-state index contributed by atoms with van der Waals surface area (Å²) in [6.07, 6.45) is 4.14. The van der Waals surface area contributed by atoms with Crippen LogP contribution in [0.4, 0.5) is 5.69 Å². The number of benzene rings is 2. The second-order valence-electron chi connectivity index (χ2n) is 8.67. The molecule has 2 aromatic rings. The lowest BCUT2D eigenvalue weighted by molar-refractivity contribution is -0.385. The van der Waals surface area contributed by atoms with Gasteiger partial charge < -0.3 is 19.1 Å². The molecule has 8 heteroatoms. The first-order valence-electron chi connectivity index (χ1n) is 10.9. The molecule has 4 rings (SSSR count). The van der Waals surface area contributed by atoms with Crippen LogP contribution < -0.4 is 9.47 Å². The number of nitro benzene ring substituents is 1. The minimum absolute atomic E-state index is 0.0000889. The SMILES string of the molecule is COc1ccc(C23CC=C(OC(=O)c4c(C)cccc4[N+](=O)[O-])CC2N(C)CC3)cc1OC. The number of aryl methyl sites for hydroxylation is 1. The minimum Gasteiger partial charge on any atom is -0.493 e. The molecule has 0 saturated carbocycles. The van der Waals surface area contributed by atoms with E-state index in [1.165, 1.54) is 6.07 Å². The second kappa shape index (κ2) is 8.86. The topological polar surface area (TPSA) is 91.1 Å². The first-order valence-corrected chi connectivity index (χ1v) is 10.9. The van der Waals surface area contributed by atoms with Gasteiger partial charge >= 0.3 is 5.97 Å². The standard InChI is InChI=1S/C25H28N2O6/c1-16-6-5-7-19(27(29)30)23(16)24(28)33-18-10-11-25(12-13-26(2)22(25)15-18)17-8-9-20(31-3)21(14-17)32-4/h5-10,14,22H,11-13,15H2,1-4H3. The van der Waals surface area contributed by atoms with Crippen molar-refractivity contribution in [2.45, 2.75) is 37.6 Å². The fourth-order valence-electron chi connectivity index (χ4n) is 5.20. The van der Waals surface area contributed by atoms with Gasteiger partial charge in [-0.3, -0.25) is 10.1 Å². The Balaban J connectivity index is 1.63. The van der Waals surface area contributed by atoms with E-state index in [9.17, 15) is 14.9 Å². The van der Waals surface area contributed by atoms with E-state index in [0.29, 0.717) is 35.7 Å². The maximum absolute atomic E-state index is 12.9. The van der Waals surface area contributed by atoms with Crippen molar-refractivity contribution in [1.29, 1.82) is 0 Å². The van der Waals surface area contributed by atoms with Gasteiger partial charge in [-0.2, -0.15) is 0 Å². The minimum atomic E-state index is -0.690. The van der Waals surface area contributed by atoms with E-state index in [0.717, 1.165) is 18.5 Å². The number of allylic oxidation sites excluding steroid dienone is 1. The molecule has 174 valence electrons. The van der Waals surface area contributed by atoms with Crippen molar-refractivity contribution >= 4 is 11.7 Å². The van der Waals surface area contributed by atoms with Crippen LogP contribution in [0, 0.1) is 17.0 Å². The lowest BCUT2D eigenvalue weighted by Gasteiger charge is -2.40. The van der Waals surface area contributed by atoms with Gasteiger partial charge in [0.25, 0.3) is 5.69 Å². The molecule has 0 radical (unpaired) electrons. The Kier molecular flexibility index (Phi) is 6.12. The molecular weight excluding hydrogens is 424 g/mol. The fourth-order valence-corrected chi connectivity index (χ4v) is 5.20. The van der Waals surface area contributed by atoms with Gasteiger partial charge in [-0.25, -0.2) is 4.79 Å². The molecule has 0 bridgehead atoms. The molecular formula is C25H28N2O6. The van der Waals surface area contributed by atoms with Crippen LogP contribution in [0.2, 0.25) is 0 Å². The molecule has 1 saturated heterocycles. The van der Waals surface area contributed by atoms with E-state index in [2.05, 4.69) is 18.0 Å². The van der Waals surface area contributed by atoms with Crippen molar-refractivity contribution in [2.75, 3.05) is 27.8 Å². The molecule has 1 heterocycles. The molecule has 0 N–H and O–H groups in total. The average Bonchev–Trinajstić information content (AvgIpc) is 3.15. The zero-order valence-corrected chi connectivity index (χ0v) is 19.3. The van der Waals surface area contributed by atoms with Gasteiger partial charge in [-0.15, -0.1) is 0 Å². The summed E-state index contributed by atoms with van der Waals surface area (Å²) in [7, 11) is 5.31. The molecule has 0 spiro atoms. The number of hydrogen-bond donors (Lipinski definition) is 0. The second-order valence-corrected chi connectivity index (χ2v) is 8.67. The molecule has 1 fully saturated rings. The van der Waals surface area contributed by atoms with E-state index in [-0.39, 0.29) is 22.7 Å². The number of carbonyl (C=O) groups excluding carboxylic acids is 1. The number of hydrogen-bond acceptors (Lipinski definition) is 7. The first-order chi connectivity index (χ1) is 15.8. The predicted molar refractivity (Wildman–Crippen MR) is 123 cm³/mol. The van der Waals surface area contributed by atoms with Gasteiger partial charge in [-0.1, -0.05) is 18.2 Å². The quantitative estimate of drug-likeness (QED) is 0.364. The number of esters is 1. The number of likely N-dealkylation sites (N-methyl/N-ethyl adjacent to an activating group) is 1. The number of nitro groups is 1. The summed E-state index contributed by atoms with van der Waals surface area (Å²) in [4.78, 5) is 26.1. The largest absolute Gasteiger partial charge is 0.493 e. The van der Waals surface area contributed by atoms with Crippen molar-refractivity contribution in [3.63, 3.8) is 0 Å².